The van der Waals surface area contributed by atoms with Gasteiger partial charge in [-0.3, -0.25) is 4.79 Å². The van der Waals surface area contributed by atoms with E-state index in [2.05, 4.69) is 27.4 Å². The Morgan fingerprint density at radius 1 is 1.23 bits per heavy atom. The minimum atomic E-state index is -0.252. The van der Waals surface area contributed by atoms with Crippen LogP contribution in [0.1, 0.15) is 29.9 Å². The van der Waals surface area contributed by atoms with E-state index in [1.165, 1.54) is 0 Å². The smallest absolute Gasteiger partial charge is 0.319 e. The van der Waals surface area contributed by atoms with E-state index in [1.807, 2.05) is 19.1 Å². The van der Waals surface area contributed by atoms with Crippen LogP contribution in [0.3, 0.4) is 0 Å². The van der Waals surface area contributed by atoms with Crippen LogP contribution in [0.15, 0.2) is 24.3 Å². The van der Waals surface area contributed by atoms with Gasteiger partial charge < -0.3 is 25.2 Å². The SMILES string of the molecule is CCNC(=O)Nc1ccc(-c2nc3c(c(N4CCOC[C@@H]4C)n2)CCN(C)C3=O)cc1. The van der Waals surface area contributed by atoms with E-state index < -0.39 is 0 Å². The summed E-state index contributed by atoms with van der Waals surface area (Å²) in [6, 6.07) is 7.23. The number of nitrogens with zero attached hydrogens (tertiary/aromatic N) is 4. The Balaban J connectivity index is 1.72. The van der Waals surface area contributed by atoms with Crippen molar-refractivity contribution in [1.29, 1.82) is 0 Å². The molecular formula is C22H28N6O3. The lowest BCUT2D eigenvalue weighted by atomic mass is 10.0. The lowest BCUT2D eigenvalue weighted by Gasteiger charge is -2.37. The number of likely N-dealkylation sites (N-methyl/N-ethyl adjacent to an activating group) is 1. The van der Waals surface area contributed by atoms with Gasteiger partial charge in [0.1, 0.15) is 11.5 Å². The van der Waals surface area contributed by atoms with E-state index in [1.54, 1.807) is 24.1 Å². The highest BCUT2D eigenvalue weighted by Crippen LogP contribution is 2.31. The summed E-state index contributed by atoms with van der Waals surface area (Å²) in [4.78, 5) is 38.1. The molecule has 3 heterocycles. The summed E-state index contributed by atoms with van der Waals surface area (Å²) in [6.45, 7) is 7.16. The maximum absolute atomic E-state index is 12.9. The zero-order valence-corrected chi connectivity index (χ0v) is 18.1. The van der Waals surface area contributed by atoms with Gasteiger partial charge in [0, 0.05) is 43.5 Å². The van der Waals surface area contributed by atoms with Gasteiger partial charge in [-0.15, -0.1) is 0 Å². The number of carbonyl (C=O) groups excluding carboxylic acids is 2. The predicted molar refractivity (Wildman–Crippen MR) is 118 cm³/mol. The van der Waals surface area contributed by atoms with Crippen molar-refractivity contribution in [3.63, 3.8) is 0 Å². The molecule has 164 valence electrons. The van der Waals surface area contributed by atoms with Gasteiger partial charge in [-0.2, -0.15) is 0 Å². The van der Waals surface area contributed by atoms with E-state index in [4.69, 9.17) is 9.72 Å². The molecule has 1 aromatic heterocycles. The molecule has 31 heavy (non-hydrogen) atoms. The Labute approximate surface area is 181 Å². The van der Waals surface area contributed by atoms with E-state index in [0.29, 0.717) is 43.5 Å². The van der Waals surface area contributed by atoms with Crippen molar-refractivity contribution in [3.05, 3.63) is 35.5 Å². The number of rotatable bonds is 4. The Bertz CT molecular complexity index is 978. The molecule has 9 heteroatoms. The summed E-state index contributed by atoms with van der Waals surface area (Å²) in [7, 11) is 1.80. The molecule has 2 aliphatic heterocycles. The highest BCUT2D eigenvalue weighted by molar-refractivity contribution is 5.96. The number of fused-ring (bicyclic) bond motifs is 1. The molecule has 2 aliphatic rings. The molecule has 2 aromatic rings. The third-order valence-corrected chi connectivity index (χ3v) is 5.61. The summed E-state index contributed by atoms with van der Waals surface area (Å²) in [5.74, 6) is 1.24. The van der Waals surface area contributed by atoms with Crippen LogP contribution >= 0.6 is 0 Å². The molecule has 0 saturated carbocycles. The number of morpholine rings is 1. The van der Waals surface area contributed by atoms with Crippen LogP contribution in [0.5, 0.6) is 0 Å². The molecule has 1 fully saturated rings. The molecule has 0 aliphatic carbocycles. The number of urea groups is 1. The van der Waals surface area contributed by atoms with E-state index >= 15 is 0 Å². The van der Waals surface area contributed by atoms with Crippen molar-refractivity contribution in [3.8, 4) is 11.4 Å². The summed E-state index contributed by atoms with van der Waals surface area (Å²) in [6.07, 6.45) is 0.729. The second-order valence-corrected chi connectivity index (χ2v) is 7.85. The minimum absolute atomic E-state index is 0.0819. The van der Waals surface area contributed by atoms with Crippen LogP contribution in [0.25, 0.3) is 11.4 Å². The van der Waals surface area contributed by atoms with Crippen LogP contribution < -0.4 is 15.5 Å². The Morgan fingerprint density at radius 3 is 2.71 bits per heavy atom. The minimum Gasteiger partial charge on any atom is -0.377 e. The van der Waals surface area contributed by atoms with Crippen molar-refractivity contribution >= 4 is 23.4 Å². The molecule has 1 saturated heterocycles. The molecule has 4 rings (SSSR count). The number of hydrogen-bond donors (Lipinski definition) is 2. The van der Waals surface area contributed by atoms with Gasteiger partial charge >= 0.3 is 6.03 Å². The normalized spacial score (nSPS) is 18.5. The molecule has 1 aromatic carbocycles. The fraction of sp³-hybridized carbons (Fsp3) is 0.455. The second kappa shape index (κ2) is 8.89. The van der Waals surface area contributed by atoms with Crippen molar-refractivity contribution < 1.29 is 14.3 Å². The first-order valence-electron chi connectivity index (χ1n) is 10.6. The van der Waals surface area contributed by atoms with Crippen molar-refractivity contribution in [2.75, 3.05) is 50.1 Å². The monoisotopic (exact) mass is 424 g/mol. The predicted octanol–water partition coefficient (Wildman–Crippen LogP) is 2.14. The van der Waals surface area contributed by atoms with Gasteiger partial charge in [0.25, 0.3) is 5.91 Å². The Kier molecular flexibility index (Phi) is 6.03. The summed E-state index contributed by atoms with van der Waals surface area (Å²) < 4.78 is 5.59. The number of nitrogens with one attached hydrogen (secondary N) is 2. The topological polar surface area (TPSA) is 99.7 Å². The first-order valence-corrected chi connectivity index (χ1v) is 10.6. The van der Waals surface area contributed by atoms with Crippen molar-refractivity contribution in [2.45, 2.75) is 26.3 Å². The first-order chi connectivity index (χ1) is 15.0. The van der Waals surface area contributed by atoms with Crippen LogP contribution in [0, 0.1) is 0 Å². The van der Waals surface area contributed by atoms with Crippen LogP contribution in [-0.2, 0) is 11.2 Å². The average Bonchev–Trinajstić information content (AvgIpc) is 2.77. The van der Waals surface area contributed by atoms with Gasteiger partial charge in [0.05, 0.1) is 19.3 Å². The second-order valence-electron chi connectivity index (χ2n) is 7.85. The van der Waals surface area contributed by atoms with Gasteiger partial charge in [0.15, 0.2) is 5.82 Å². The lowest BCUT2D eigenvalue weighted by molar-refractivity contribution is 0.0773. The highest BCUT2D eigenvalue weighted by Gasteiger charge is 2.31. The highest BCUT2D eigenvalue weighted by atomic mass is 16.5. The zero-order chi connectivity index (χ0) is 22.0. The van der Waals surface area contributed by atoms with E-state index in [0.717, 1.165) is 29.9 Å². The van der Waals surface area contributed by atoms with Gasteiger partial charge in [-0.25, -0.2) is 14.8 Å². The largest absolute Gasteiger partial charge is 0.377 e. The van der Waals surface area contributed by atoms with Gasteiger partial charge in [-0.1, -0.05) is 0 Å². The Hall–Kier alpha value is -3.20. The van der Waals surface area contributed by atoms with Gasteiger partial charge in [0.2, 0.25) is 0 Å². The molecule has 0 radical (unpaired) electrons. The maximum Gasteiger partial charge on any atom is 0.319 e. The van der Waals surface area contributed by atoms with Crippen LogP contribution in [0.4, 0.5) is 16.3 Å². The van der Waals surface area contributed by atoms with Crippen LogP contribution in [0.2, 0.25) is 0 Å². The third kappa shape index (κ3) is 4.32. The van der Waals surface area contributed by atoms with E-state index in [-0.39, 0.29) is 18.0 Å². The van der Waals surface area contributed by atoms with Gasteiger partial charge in [-0.05, 0) is 44.5 Å². The number of hydrogen-bond acceptors (Lipinski definition) is 6. The molecule has 0 unspecified atom stereocenters. The lowest BCUT2D eigenvalue weighted by Crippen LogP contribution is -2.46. The number of aromatic nitrogens is 2. The molecular weight excluding hydrogens is 396 g/mol. The average molecular weight is 425 g/mol. The van der Waals surface area contributed by atoms with Crippen LogP contribution in [-0.4, -0.2) is 72.7 Å². The fourth-order valence-corrected chi connectivity index (χ4v) is 3.89. The zero-order valence-electron chi connectivity index (χ0n) is 18.1. The molecule has 9 nitrogen and oxygen atoms in total. The Morgan fingerprint density at radius 2 is 2.00 bits per heavy atom. The quantitative estimate of drug-likeness (QED) is 0.780. The third-order valence-electron chi connectivity index (χ3n) is 5.61. The van der Waals surface area contributed by atoms with E-state index in [9.17, 15) is 9.59 Å². The standard InChI is InChI=1S/C22H28N6O3/c1-4-23-22(30)24-16-7-5-15(6-8-16)19-25-18-17(9-10-27(3)21(18)29)20(26-19)28-11-12-31-13-14(28)2/h5-8,14H,4,9-13H2,1-3H3,(H2,23,24,30)/t14-/m0/s1. The number of benzene rings is 1. The van der Waals surface area contributed by atoms with Crippen molar-refractivity contribution in [1.82, 2.24) is 20.2 Å². The van der Waals surface area contributed by atoms with Crippen molar-refractivity contribution in [2.24, 2.45) is 0 Å². The number of amides is 3. The number of anilines is 2. The first kappa shape index (κ1) is 21.0. The summed E-state index contributed by atoms with van der Waals surface area (Å²) in [5.41, 5.74) is 2.84. The summed E-state index contributed by atoms with van der Waals surface area (Å²) in [5, 5.41) is 5.48. The number of ether oxygens (including phenoxy) is 1. The fourth-order valence-electron chi connectivity index (χ4n) is 3.89. The summed E-state index contributed by atoms with van der Waals surface area (Å²) >= 11 is 0. The molecule has 3 amide bonds. The molecule has 2 N–H and O–H groups in total. The molecule has 0 spiro atoms. The molecule has 1 atom stereocenters. The number of carbonyl (C=O) groups is 2. The maximum atomic E-state index is 12.9. The molecule has 0 bridgehead atoms.